The number of carbonyl (C=O) groups excluding carboxylic acids is 1. The van der Waals surface area contributed by atoms with Gasteiger partial charge in [-0.1, -0.05) is 17.7 Å². The molecule has 0 aliphatic rings. The van der Waals surface area contributed by atoms with Gasteiger partial charge in [-0.3, -0.25) is 0 Å². The Morgan fingerprint density at radius 2 is 2.14 bits per heavy atom. The Morgan fingerprint density at radius 3 is 2.76 bits per heavy atom. The van der Waals surface area contributed by atoms with E-state index in [0.717, 1.165) is 4.88 Å². The number of carbonyl (C=O) groups is 2. The number of thiophene rings is 1. The summed E-state index contributed by atoms with van der Waals surface area (Å²) in [6.45, 7) is 0.482. The SMILES string of the molecule is CN(Cc1cccs1)C(=O)Nc1cc(Cl)cc(C(=O)O)c1. The summed E-state index contributed by atoms with van der Waals surface area (Å²) in [5.74, 6) is -1.10. The van der Waals surface area contributed by atoms with E-state index in [-0.39, 0.29) is 16.6 Å². The number of carboxylic acid groups (broad SMARTS) is 1. The van der Waals surface area contributed by atoms with E-state index in [1.807, 2.05) is 17.5 Å². The summed E-state index contributed by atoms with van der Waals surface area (Å²) in [7, 11) is 1.66. The van der Waals surface area contributed by atoms with E-state index in [1.165, 1.54) is 23.1 Å². The predicted octanol–water partition coefficient (Wildman–Crippen LogP) is 3.76. The van der Waals surface area contributed by atoms with Crippen LogP contribution in [0.15, 0.2) is 35.7 Å². The highest BCUT2D eigenvalue weighted by molar-refractivity contribution is 7.09. The van der Waals surface area contributed by atoms with Gasteiger partial charge in [0, 0.05) is 22.6 Å². The Morgan fingerprint density at radius 1 is 1.38 bits per heavy atom. The van der Waals surface area contributed by atoms with Crippen LogP contribution >= 0.6 is 22.9 Å². The first kappa shape index (κ1) is 15.3. The normalized spacial score (nSPS) is 10.2. The zero-order valence-corrected chi connectivity index (χ0v) is 12.7. The number of anilines is 1. The lowest BCUT2D eigenvalue weighted by molar-refractivity contribution is 0.0697. The number of aromatic carboxylic acids is 1. The minimum Gasteiger partial charge on any atom is -0.478 e. The van der Waals surface area contributed by atoms with Gasteiger partial charge in [0.1, 0.15) is 0 Å². The molecule has 2 rings (SSSR count). The Kier molecular flexibility index (Phi) is 4.82. The third-order valence-electron chi connectivity index (χ3n) is 2.72. The molecule has 7 heteroatoms. The van der Waals surface area contributed by atoms with Gasteiger partial charge in [-0.15, -0.1) is 11.3 Å². The molecule has 0 aliphatic heterocycles. The number of nitrogens with one attached hydrogen (secondary N) is 1. The summed E-state index contributed by atoms with van der Waals surface area (Å²) in [4.78, 5) is 25.6. The van der Waals surface area contributed by atoms with Crippen molar-refractivity contribution in [1.82, 2.24) is 4.90 Å². The number of benzene rings is 1. The first-order chi connectivity index (χ1) is 9.95. The lowest BCUT2D eigenvalue weighted by atomic mass is 10.2. The number of halogens is 1. The summed E-state index contributed by atoms with van der Waals surface area (Å²) < 4.78 is 0. The van der Waals surface area contributed by atoms with Gasteiger partial charge < -0.3 is 15.3 Å². The molecule has 0 bridgehead atoms. The Balaban J connectivity index is 2.06. The molecule has 0 radical (unpaired) electrons. The maximum absolute atomic E-state index is 12.1. The summed E-state index contributed by atoms with van der Waals surface area (Å²) in [5, 5.41) is 13.8. The van der Waals surface area contributed by atoms with E-state index in [1.54, 1.807) is 18.4 Å². The standard InChI is InChI=1S/C14H13ClN2O3S/c1-17(8-12-3-2-4-21-12)14(20)16-11-6-9(13(18)19)5-10(15)7-11/h2-7H,8H2,1H3,(H,16,20)(H,18,19). The predicted molar refractivity (Wildman–Crippen MR) is 83.2 cm³/mol. The molecule has 0 saturated carbocycles. The summed E-state index contributed by atoms with van der Waals surface area (Å²) in [6, 6.07) is 7.73. The zero-order chi connectivity index (χ0) is 15.4. The molecule has 2 aromatic rings. The van der Waals surface area contributed by atoms with Gasteiger partial charge in [0.25, 0.3) is 0 Å². The molecule has 21 heavy (non-hydrogen) atoms. The lowest BCUT2D eigenvalue weighted by Gasteiger charge is -2.17. The van der Waals surface area contributed by atoms with Crippen molar-refractivity contribution in [3.05, 3.63) is 51.2 Å². The highest BCUT2D eigenvalue weighted by Crippen LogP contribution is 2.20. The van der Waals surface area contributed by atoms with Gasteiger partial charge >= 0.3 is 12.0 Å². The summed E-state index contributed by atoms with van der Waals surface area (Å²) in [5.41, 5.74) is 0.377. The summed E-state index contributed by atoms with van der Waals surface area (Å²) in [6.07, 6.45) is 0. The van der Waals surface area contributed by atoms with Gasteiger partial charge in [0.05, 0.1) is 12.1 Å². The van der Waals surface area contributed by atoms with Crippen molar-refractivity contribution in [2.75, 3.05) is 12.4 Å². The van der Waals surface area contributed by atoms with Gasteiger partial charge in [0.15, 0.2) is 0 Å². The molecule has 0 atom stereocenters. The van der Waals surface area contributed by atoms with Crippen molar-refractivity contribution in [1.29, 1.82) is 0 Å². The Labute approximate surface area is 130 Å². The molecular formula is C14H13ClN2O3S. The highest BCUT2D eigenvalue weighted by Gasteiger charge is 2.12. The number of carboxylic acids is 1. The molecule has 0 aliphatic carbocycles. The average molecular weight is 325 g/mol. The van der Waals surface area contributed by atoms with Crippen LogP contribution in [-0.4, -0.2) is 29.1 Å². The van der Waals surface area contributed by atoms with Crippen LogP contribution in [0, 0.1) is 0 Å². The Bertz CT molecular complexity index is 658. The van der Waals surface area contributed by atoms with Crippen LogP contribution in [0.2, 0.25) is 5.02 Å². The number of urea groups is 1. The van der Waals surface area contributed by atoms with Crippen molar-refractivity contribution < 1.29 is 14.7 Å². The largest absolute Gasteiger partial charge is 0.478 e. The second-order valence-corrected chi connectivity index (χ2v) is 5.87. The quantitative estimate of drug-likeness (QED) is 0.899. The molecule has 110 valence electrons. The first-order valence-corrected chi connectivity index (χ1v) is 7.30. The monoisotopic (exact) mass is 324 g/mol. The molecule has 1 aromatic carbocycles. The maximum Gasteiger partial charge on any atom is 0.335 e. The minimum atomic E-state index is -1.10. The van der Waals surface area contributed by atoms with Crippen LogP contribution in [-0.2, 0) is 6.54 Å². The molecule has 2 amide bonds. The molecule has 2 N–H and O–H groups in total. The van der Waals surface area contributed by atoms with E-state index >= 15 is 0 Å². The number of rotatable bonds is 4. The van der Waals surface area contributed by atoms with Crippen molar-refractivity contribution in [3.8, 4) is 0 Å². The second-order valence-electron chi connectivity index (χ2n) is 4.40. The first-order valence-electron chi connectivity index (χ1n) is 6.04. The van der Waals surface area contributed by atoms with Crippen LogP contribution < -0.4 is 5.32 Å². The fraction of sp³-hybridized carbons (Fsp3) is 0.143. The molecule has 1 aromatic heterocycles. The van der Waals surface area contributed by atoms with Crippen LogP contribution in [0.3, 0.4) is 0 Å². The van der Waals surface area contributed by atoms with Crippen molar-refractivity contribution >= 4 is 40.6 Å². The molecule has 5 nitrogen and oxygen atoms in total. The van der Waals surface area contributed by atoms with Gasteiger partial charge in [-0.2, -0.15) is 0 Å². The smallest absolute Gasteiger partial charge is 0.335 e. The van der Waals surface area contributed by atoms with Crippen molar-refractivity contribution in [3.63, 3.8) is 0 Å². The van der Waals surface area contributed by atoms with Crippen LogP contribution in [0.4, 0.5) is 10.5 Å². The fourth-order valence-electron chi connectivity index (χ4n) is 1.71. The third-order valence-corrected chi connectivity index (χ3v) is 3.80. The molecule has 0 saturated heterocycles. The molecule has 0 unspecified atom stereocenters. The minimum absolute atomic E-state index is 0.0266. The topological polar surface area (TPSA) is 69.6 Å². The summed E-state index contributed by atoms with van der Waals surface area (Å²) >= 11 is 7.41. The van der Waals surface area contributed by atoms with Crippen molar-refractivity contribution in [2.45, 2.75) is 6.54 Å². The van der Waals surface area contributed by atoms with Gasteiger partial charge in [0.2, 0.25) is 0 Å². The van der Waals surface area contributed by atoms with Crippen LogP contribution in [0.25, 0.3) is 0 Å². The maximum atomic E-state index is 12.1. The lowest BCUT2D eigenvalue weighted by Crippen LogP contribution is -2.30. The van der Waals surface area contributed by atoms with E-state index < -0.39 is 5.97 Å². The van der Waals surface area contributed by atoms with Crippen LogP contribution in [0.1, 0.15) is 15.2 Å². The second kappa shape index (κ2) is 6.60. The number of hydrogen-bond donors (Lipinski definition) is 2. The Hall–Kier alpha value is -2.05. The van der Waals surface area contributed by atoms with Gasteiger partial charge in [-0.25, -0.2) is 9.59 Å². The third kappa shape index (κ3) is 4.21. The number of nitrogens with zero attached hydrogens (tertiary/aromatic N) is 1. The molecule has 0 fully saturated rings. The number of amides is 2. The fourth-order valence-corrected chi connectivity index (χ4v) is 2.70. The molecule has 0 spiro atoms. The molecule has 1 heterocycles. The average Bonchev–Trinajstić information content (AvgIpc) is 2.90. The van der Waals surface area contributed by atoms with E-state index in [2.05, 4.69) is 5.32 Å². The van der Waals surface area contributed by atoms with E-state index in [4.69, 9.17) is 16.7 Å². The number of hydrogen-bond acceptors (Lipinski definition) is 3. The van der Waals surface area contributed by atoms with Gasteiger partial charge in [-0.05, 0) is 29.6 Å². The van der Waals surface area contributed by atoms with E-state index in [0.29, 0.717) is 12.2 Å². The van der Waals surface area contributed by atoms with E-state index in [9.17, 15) is 9.59 Å². The highest BCUT2D eigenvalue weighted by atomic mass is 35.5. The van der Waals surface area contributed by atoms with Crippen LogP contribution in [0.5, 0.6) is 0 Å². The molecular weight excluding hydrogens is 312 g/mol. The van der Waals surface area contributed by atoms with Crippen molar-refractivity contribution in [2.24, 2.45) is 0 Å². The zero-order valence-electron chi connectivity index (χ0n) is 11.2.